The van der Waals surface area contributed by atoms with Crippen LogP contribution >= 0.6 is 0 Å². The van der Waals surface area contributed by atoms with E-state index in [0.717, 1.165) is 17.0 Å². The Labute approximate surface area is 105 Å². The van der Waals surface area contributed by atoms with Gasteiger partial charge in [-0.3, -0.25) is 4.79 Å². The van der Waals surface area contributed by atoms with E-state index in [4.69, 9.17) is 0 Å². The number of aromatic nitrogens is 2. The number of hydrogen-bond acceptors (Lipinski definition) is 3. The number of hydrazone groups is 1. The van der Waals surface area contributed by atoms with Gasteiger partial charge in [0.2, 0.25) is 5.91 Å². The van der Waals surface area contributed by atoms with Crippen molar-refractivity contribution in [2.24, 2.45) is 5.10 Å². The highest BCUT2D eigenvalue weighted by molar-refractivity contribution is 5.99. The molecule has 92 valence electrons. The van der Waals surface area contributed by atoms with Crippen LogP contribution in [0.4, 0.5) is 0 Å². The highest BCUT2D eigenvalue weighted by Crippen LogP contribution is 2.09. The lowest BCUT2D eigenvalue weighted by Gasteiger charge is -2.04. The molecule has 5 nitrogen and oxygen atoms in total. The number of benzene rings is 1. The molecule has 0 aliphatic heterocycles. The number of imidazole rings is 1. The first-order valence-electron chi connectivity index (χ1n) is 5.56. The van der Waals surface area contributed by atoms with E-state index in [-0.39, 0.29) is 5.91 Å². The van der Waals surface area contributed by atoms with E-state index in [0.29, 0.717) is 0 Å². The lowest BCUT2D eigenvalue weighted by molar-refractivity contribution is -0.118. The van der Waals surface area contributed by atoms with Crippen molar-refractivity contribution in [3.05, 3.63) is 48.5 Å². The molecule has 2 rings (SSSR count). The standard InChI is InChI=1S/C13H14N4O/c1-10(15-16-11(2)18)12-3-5-13(6-4-12)17-8-7-14-9-17/h3-9H,1-2H3,(H,16,18)/b15-10-. The van der Waals surface area contributed by atoms with Gasteiger partial charge in [0.25, 0.3) is 0 Å². The molecule has 1 aromatic heterocycles. The molecule has 0 spiro atoms. The third-order valence-electron chi connectivity index (χ3n) is 2.47. The Morgan fingerprint density at radius 3 is 2.56 bits per heavy atom. The topological polar surface area (TPSA) is 59.3 Å². The van der Waals surface area contributed by atoms with E-state index < -0.39 is 0 Å². The molecular weight excluding hydrogens is 228 g/mol. The van der Waals surface area contributed by atoms with Crippen LogP contribution < -0.4 is 5.43 Å². The molecule has 0 radical (unpaired) electrons. The molecule has 5 heteroatoms. The minimum Gasteiger partial charge on any atom is -0.306 e. The zero-order valence-corrected chi connectivity index (χ0v) is 10.3. The molecule has 0 bridgehead atoms. The monoisotopic (exact) mass is 242 g/mol. The Hall–Kier alpha value is -2.43. The van der Waals surface area contributed by atoms with Gasteiger partial charge in [0.1, 0.15) is 0 Å². The van der Waals surface area contributed by atoms with E-state index in [1.807, 2.05) is 42.0 Å². The van der Waals surface area contributed by atoms with Gasteiger partial charge in [0.05, 0.1) is 12.0 Å². The van der Waals surface area contributed by atoms with Crippen LogP contribution in [0, 0.1) is 0 Å². The second kappa shape index (κ2) is 5.27. The molecule has 1 N–H and O–H groups in total. The Kier molecular flexibility index (Phi) is 3.52. The van der Waals surface area contributed by atoms with Crippen LogP contribution in [0.2, 0.25) is 0 Å². The maximum atomic E-state index is 10.8. The van der Waals surface area contributed by atoms with Crippen molar-refractivity contribution >= 4 is 11.6 Å². The van der Waals surface area contributed by atoms with E-state index in [2.05, 4.69) is 15.5 Å². The molecule has 0 atom stereocenters. The highest BCUT2D eigenvalue weighted by atomic mass is 16.2. The van der Waals surface area contributed by atoms with E-state index in [1.54, 1.807) is 12.5 Å². The fraction of sp³-hybridized carbons (Fsp3) is 0.154. The second-order valence-electron chi connectivity index (χ2n) is 3.88. The molecule has 2 aromatic rings. The van der Waals surface area contributed by atoms with E-state index in [9.17, 15) is 4.79 Å². The minimum atomic E-state index is -0.176. The van der Waals surface area contributed by atoms with Crippen LogP contribution in [-0.4, -0.2) is 21.2 Å². The van der Waals surface area contributed by atoms with Gasteiger partial charge >= 0.3 is 0 Å². The number of hydrogen-bond donors (Lipinski definition) is 1. The summed E-state index contributed by atoms with van der Waals surface area (Å²) < 4.78 is 1.92. The van der Waals surface area contributed by atoms with Crippen molar-refractivity contribution in [3.63, 3.8) is 0 Å². The van der Waals surface area contributed by atoms with Gasteiger partial charge in [0.15, 0.2) is 0 Å². The first-order chi connectivity index (χ1) is 8.66. The summed E-state index contributed by atoms with van der Waals surface area (Å²) in [7, 11) is 0. The smallest absolute Gasteiger partial charge is 0.236 e. The minimum absolute atomic E-state index is 0.176. The van der Waals surface area contributed by atoms with Gasteiger partial charge in [-0.1, -0.05) is 12.1 Å². The predicted octanol–water partition coefficient (Wildman–Crippen LogP) is 1.73. The molecule has 1 aromatic carbocycles. The van der Waals surface area contributed by atoms with Crippen molar-refractivity contribution in [2.45, 2.75) is 13.8 Å². The summed E-state index contributed by atoms with van der Waals surface area (Å²) in [5, 5.41) is 3.98. The number of nitrogens with one attached hydrogen (secondary N) is 1. The van der Waals surface area contributed by atoms with Crippen LogP contribution in [0.25, 0.3) is 5.69 Å². The fourth-order valence-corrected chi connectivity index (χ4v) is 1.51. The number of carbonyl (C=O) groups is 1. The summed E-state index contributed by atoms with van der Waals surface area (Å²) in [6, 6.07) is 7.86. The average Bonchev–Trinajstić information content (AvgIpc) is 2.90. The molecule has 0 aliphatic rings. The van der Waals surface area contributed by atoms with Crippen molar-refractivity contribution < 1.29 is 4.79 Å². The zero-order chi connectivity index (χ0) is 13.0. The highest BCUT2D eigenvalue weighted by Gasteiger charge is 1.99. The first kappa shape index (κ1) is 12.0. The van der Waals surface area contributed by atoms with Crippen molar-refractivity contribution in [2.75, 3.05) is 0 Å². The lowest BCUT2D eigenvalue weighted by atomic mass is 10.1. The molecular formula is C13H14N4O. The summed E-state index contributed by atoms with van der Waals surface area (Å²) in [4.78, 5) is 14.8. The maximum absolute atomic E-state index is 10.8. The normalized spacial score (nSPS) is 11.3. The van der Waals surface area contributed by atoms with Gasteiger partial charge in [-0.05, 0) is 24.6 Å². The Morgan fingerprint density at radius 1 is 1.28 bits per heavy atom. The van der Waals surface area contributed by atoms with Gasteiger partial charge in [-0.25, -0.2) is 10.4 Å². The third kappa shape index (κ3) is 2.82. The van der Waals surface area contributed by atoms with Crippen LogP contribution in [0.5, 0.6) is 0 Å². The van der Waals surface area contributed by atoms with Gasteiger partial charge in [0, 0.05) is 25.0 Å². The molecule has 0 fully saturated rings. The van der Waals surface area contributed by atoms with Crippen LogP contribution in [0.15, 0.2) is 48.1 Å². The average molecular weight is 242 g/mol. The van der Waals surface area contributed by atoms with Crippen LogP contribution in [0.1, 0.15) is 19.4 Å². The van der Waals surface area contributed by atoms with Crippen molar-refractivity contribution in [1.29, 1.82) is 0 Å². The number of carbonyl (C=O) groups excluding carboxylic acids is 1. The predicted molar refractivity (Wildman–Crippen MR) is 69.6 cm³/mol. The third-order valence-corrected chi connectivity index (χ3v) is 2.47. The maximum Gasteiger partial charge on any atom is 0.236 e. The number of nitrogens with zero attached hydrogens (tertiary/aromatic N) is 3. The quantitative estimate of drug-likeness (QED) is 0.658. The fourth-order valence-electron chi connectivity index (χ4n) is 1.51. The molecule has 1 heterocycles. The molecule has 0 saturated carbocycles. The number of rotatable bonds is 3. The Morgan fingerprint density at radius 2 is 2.00 bits per heavy atom. The van der Waals surface area contributed by atoms with Crippen LogP contribution in [0.3, 0.4) is 0 Å². The van der Waals surface area contributed by atoms with Gasteiger partial charge < -0.3 is 4.57 Å². The summed E-state index contributed by atoms with van der Waals surface area (Å²) in [6.07, 6.45) is 5.36. The van der Waals surface area contributed by atoms with E-state index >= 15 is 0 Å². The summed E-state index contributed by atoms with van der Waals surface area (Å²) in [5.74, 6) is -0.176. The Balaban J connectivity index is 2.17. The van der Waals surface area contributed by atoms with Crippen molar-refractivity contribution in [1.82, 2.24) is 15.0 Å². The molecule has 0 unspecified atom stereocenters. The second-order valence-corrected chi connectivity index (χ2v) is 3.88. The van der Waals surface area contributed by atoms with Crippen LogP contribution in [-0.2, 0) is 4.79 Å². The summed E-state index contributed by atoms with van der Waals surface area (Å²) in [5.41, 5.74) is 5.18. The molecule has 1 amide bonds. The van der Waals surface area contributed by atoms with Gasteiger partial charge in [-0.15, -0.1) is 0 Å². The first-order valence-corrected chi connectivity index (χ1v) is 5.56. The van der Waals surface area contributed by atoms with E-state index in [1.165, 1.54) is 6.92 Å². The Bertz CT molecular complexity index is 555. The van der Waals surface area contributed by atoms with Gasteiger partial charge in [-0.2, -0.15) is 5.10 Å². The zero-order valence-electron chi connectivity index (χ0n) is 10.3. The number of amides is 1. The molecule has 0 saturated heterocycles. The lowest BCUT2D eigenvalue weighted by Crippen LogP contribution is -2.15. The van der Waals surface area contributed by atoms with Crippen molar-refractivity contribution in [3.8, 4) is 5.69 Å². The summed E-state index contributed by atoms with van der Waals surface area (Å²) in [6.45, 7) is 3.28. The largest absolute Gasteiger partial charge is 0.306 e. The SMILES string of the molecule is CC(=O)N/N=C(/C)c1ccc(-n2ccnc2)cc1. The molecule has 18 heavy (non-hydrogen) atoms. The molecule has 0 aliphatic carbocycles. The summed E-state index contributed by atoms with van der Waals surface area (Å²) >= 11 is 0.